The number of hydrogen-bond acceptors (Lipinski definition) is 5. The number of halogens is 1. The summed E-state index contributed by atoms with van der Waals surface area (Å²) in [6.45, 7) is 0.908. The Hall–Kier alpha value is -4.60. The average molecular weight is 458 g/mol. The Kier molecular flexibility index (Phi) is 5.25. The SMILES string of the molecule is NC(=O)c1cc(NC(=O)c2ccc3c(c2)CN(C(=O)c2ccc4ncnn4c2)CC3)ccc1F. The molecule has 2 aromatic carbocycles. The molecule has 9 nitrogen and oxygen atoms in total. The standard InChI is InChI=1S/C24H19FN6O3/c25-20-5-4-18(10-19(20)22(26)32)29-23(33)15-2-1-14-7-8-30(11-17(14)9-15)24(34)16-3-6-21-27-13-28-31(21)12-16/h1-6,9-10,12-13H,7-8,11H2,(H2,26,32)(H,29,33). The van der Waals surface area contributed by atoms with Crippen molar-refractivity contribution in [1.29, 1.82) is 0 Å². The maximum atomic E-state index is 13.7. The molecule has 0 aliphatic carbocycles. The van der Waals surface area contributed by atoms with Gasteiger partial charge < -0.3 is 16.0 Å². The Bertz CT molecular complexity index is 1460. The number of primary amides is 1. The van der Waals surface area contributed by atoms with Crippen molar-refractivity contribution in [3.63, 3.8) is 0 Å². The highest BCUT2D eigenvalue weighted by molar-refractivity contribution is 6.05. The fraction of sp³-hybridized carbons (Fsp3) is 0.125. The maximum absolute atomic E-state index is 13.7. The van der Waals surface area contributed by atoms with E-state index in [-0.39, 0.29) is 17.2 Å². The van der Waals surface area contributed by atoms with E-state index in [0.717, 1.165) is 17.2 Å². The number of rotatable bonds is 4. The second kappa shape index (κ2) is 8.39. The number of carbonyl (C=O) groups excluding carboxylic acids is 3. The van der Waals surface area contributed by atoms with Gasteiger partial charge in [-0.3, -0.25) is 14.4 Å². The van der Waals surface area contributed by atoms with Crippen molar-refractivity contribution in [2.75, 3.05) is 11.9 Å². The topological polar surface area (TPSA) is 123 Å². The van der Waals surface area contributed by atoms with Crippen LogP contribution in [0.25, 0.3) is 5.65 Å². The summed E-state index contributed by atoms with van der Waals surface area (Å²) in [5.41, 5.74) is 8.57. The predicted molar refractivity (Wildman–Crippen MR) is 121 cm³/mol. The number of nitrogens with one attached hydrogen (secondary N) is 1. The summed E-state index contributed by atoms with van der Waals surface area (Å²) >= 11 is 0. The van der Waals surface area contributed by atoms with Gasteiger partial charge in [-0.1, -0.05) is 6.07 Å². The highest BCUT2D eigenvalue weighted by atomic mass is 19.1. The molecule has 3 heterocycles. The van der Waals surface area contributed by atoms with Gasteiger partial charge in [0.1, 0.15) is 12.1 Å². The lowest BCUT2D eigenvalue weighted by Crippen LogP contribution is -2.36. The summed E-state index contributed by atoms with van der Waals surface area (Å²) in [6.07, 6.45) is 3.73. The molecule has 1 aliphatic heterocycles. The Balaban J connectivity index is 1.34. The molecule has 170 valence electrons. The van der Waals surface area contributed by atoms with Crippen molar-refractivity contribution in [3.05, 3.63) is 94.7 Å². The highest BCUT2D eigenvalue weighted by Crippen LogP contribution is 2.23. The van der Waals surface area contributed by atoms with Crippen LogP contribution in [0.2, 0.25) is 0 Å². The van der Waals surface area contributed by atoms with Gasteiger partial charge in [0.05, 0.1) is 11.1 Å². The quantitative estimate of drug-likeness (QED) is 0.486. The Morgan fingerprint density at radius 2 is 1.82 bits per heavy atom. The third kappa shape index (κ3) is 3.96. The summed E-state index contributed by atoms with van der Waals surface area (Å²) in [6, 6.07) is 12.4. The van der Waals surface area contributed by atoms with Gasteiger partial charge >= 0.3 is 0 Å². The number of pyridine rings is 1. The molecule has 0 saturated carbocycles. The van der Waals surface area contributed by atoms with E-state index < -0.39 is 17.6 Å². The minimum absolute atomic E-state index is 0.136. The monoisotopic (exact) mass is 458 g/mol. The number of fused-ring (bicyclic) bond motifs is 2. The molecule has 34 heavy (non-hydrogen) atoms. The lowest BCUT2D eigenvalue weighted by molar-refractivity contribution is 0.0734. The zero-order valence-electron chi connectivity index (χ0n) is 17.9. The predicted octanol–water partition coefficient (Wildman–Crippen LogP) is 2.42. The molecule has 1 aliphatic rings. The van der Waals surface area contributed by atoms with Gasteiger partial charge in [0, 0.05) is 30.5 Å². The molecule has 0 unspecified atom stereocenters. The molecule has 10 heteroatoms. The maximum Gasteiger partial charge on any atom is 0.255 e. The van der Waals surface area contributed by atoms with Gasteiger partial charge in [-0.2, -0.15) is 5.10 Å². The van der Waals surface area contributed by atoms with Crippen LogP contribution < -0.4 is 11.1 Å². The molecule has 3 amide bonds. The Labute approximate surface area is 193 Å². The molecule has 0 radical (unpaired) electrons. The number of nitrogens with zero attached hydrogens (tertiary/aromatic N) is 4. The van der Waals surface area contributed by atoms with Gasteiger partial charge in [0.25, 0.3) is 17.7 Å². The molecule has 0 atom stereocenters. The largest absolute Gasteiger partial charge is 0.366 e. The van der Waals surface area contributed by atoms with E-state index in [2.05, 4.69) is 15.4 Å². The van der Waals surface area contributed by atoms with E-state index in [0.29, 0.717) is 36.3 Å². The first-order chi connectivity index (χ1) is 16.4. The molecule has 5 rings (SSSR count). The molecular weight excluding hydrogens is 439 g/mol. The van der Waals surface area contributed by atoms with E-state index in [4.69, 9.17) is 5.73 Å². The second-order valence-corrected chi connectivity index (χ2v) is 7.95. The summed E-state index contributed by atoms with van der Waals surface area (Å²) < 4.78 is 15.2. The molecule has 0 fully saturated rings. The van der Waals surface area contributed by atoms with Crippen LogP contribution in [0.5, 0.6) is 0 Å². The molecule has 3 N–H and O–H groups in total. The summed E-state index contributed by atoms with van der Waals surface area (Å²) in [7, 11) is 0. The number of hydrogen-bond donors (Lipinski definition) is 2. The first-order valence-corrected chi connectivity index (χ1v) is 10.5. The van der Waals surface area contributed by atoms with Crippen LogP contribution in [-0.4, -0.2) is 43.8 Å². The third-order valence-electron chi connectivity index (χ3n) is 5.78. The van der Waals surface area contributed by atoms with Gasteiger partial charge in [-0.25, -0.2) is 13.9 Å². The van der Waals surface area contributed by atoms with Crippen molar-refractivity contribution in [2.24, 2.45) is 5.73 Å². The third-order valence-corrected chi connectivity index (χ3v) is 5.78. The first-order valence-electron chi connectivity index (χ1n) is 10.5. The van der Waals surface area contributed by atoms with Gasteiger partial charge in [-0.05, 0) is 60.0 Å². The van der Waals surface area contributed by atoms with Crippen LogP contribution in [-0.2, 0) is 13.0 Å². The minimum Gasteiger partial charge on any atom is -0.366 e. The number of anilines is 1. The van der Waals surface area contributed by atoms with Crippen LogP contribution in [0.3, 0.4) is 0 Å². The lowest BCUT2D eigenvalue weighted by Gasteiger charge is -2.29. The lowest BCUT2D eigenvalue weighted by atomic mass is 9.96. The van der Waals surface area contributed by atoms with Crippen LogP contribution in [0.15, 0.2) is 61.1 Å². The normalized spacial score (nSPS) is 12.9. The average Bonchev–Trinajstić information content (AvgIpc) is 3.32. The van der Waals surface area contributed by atoms with E-state index in [9.17, 15) is 18.8 Å². The van der Waals surface area contributed by atoms with Crippen molar-refractivity contribution in [3.8, 4) is 0 Å². The number of aromatic nitrogens is 3. The smallest absolute Gasteiger partial charge is 0.255 e. The van der Waals surface area contributed by atoms with Crippen LogP contribution in [0, 0.1) is 5.82 Å². The first kappa shape index (κ1) is 21.3. The summed E-state index contributed by atoms with van der Waals surface area (Å²) in [5, 5.41) is 6.72. The summed E-state index contributed by atoms with van der Waals surface area (Å²) in [4.78, 5) is 43.0. The number of carbonyl (C=O) groups is 3. The van der Waals surface area contributed by atoms with Gasteiger partial charge in [0.2, 0.25) is 0 Å². The van der Waals surface area contributed by atoms with Crippen molar-refractivity contribution < 1.29 is 18.8 Å². The molecule has 0 spiro atoms. The molecule has 0 bridgehead atoms. The minimum atomic E-state index is -0.921. The number of amides is 3. The molecule has 2 aromatic heterocycles. The van der Waals surface area contributed by atoms with E-state index in [1.54, 1.807) is 39.9 Å². The van der Waals surface area contributed by atoms with E-state index in [1.807, 2.05) is 6.07 Å². The van der Waals surface area contributed by atoms with Gasteiger partial charge in [0.15, 0.2) is 5.65 Å². The van der Waals surface area contributed by atoms with Crippen molar-refractivity contribution in [2.45, 2.75) is 13.0 Å². The van der Waals surface area contributed by atoms with Crippen molar-refractivity contribution in [1.82, 2.24) is 19.5 Å². The Morgan fingerprint density at radius 1 is 1.00 bits per heavy atom. The summed E-state index contributed by atoms with van der Waals surface area (Å²) in [5.74, 6) is -2.24. The van der Waals surface area contributed by atoms with E-state index >= 15 is 0 Å². The molecular formula is C24H19FN6O3. The van der Waals surface area contributed by atoms with Crippen molar-refractivity contribution >= 4 is 29.1 Å². The fourth-order valence-corrected chi connectivity index (χ4v) is 3.99. The van der Waals surface area contributed by atoms with Crippen LogP contribution in [0.1, 0.15) is 42.2 Å². The van der Waals surface area contributed by atoms with Crippen LogP contribution >= 0.6 is 0 Å². The molecule has 4 aromatic rings. The highest BCUT2D eigenvalue weighted by Gasteiger charge is 2.23. The zero-order valence-corrected chi connectivity index (χ0v) is 17.9. The molecule has 0 saturated heterocycles. The zero-order chi connectivity index (χ0) is 23.8. The number of nitrogens with two attached hydrogens (primary N) is 1. The number of benzene rings is 2. The Morgan fingerprint density at radius 3 is 2.65 bits per heavy atom. The second-order valence-electron chi connectivity index (χ2n) is 7.95. The van der Waals surface area contributed by atoms with Gasteiger partial charge in [-0.15, -0.1) is 0 Å². The fourth-order valence-electron chi connectivity index (χ4n) is 3.99. The van der Waals surface area contributed by atoms with E-state index in [1.165, 1.54) is 18.5 Å². The van der Waals surface area contributed by atoms with Crippen LogP contribution in [0.4, 0.5) is 10.1 Å².